The van der Waals surface area contributed by atoms with Gasteiger partial charge in [0.15, 0.2) is 29.6 Å². The molecular weight excluding hydrogens is 655 g/mol. The SMILES string of the molecule is C[C@H]1[C@@H](CN(C)[C@H](C)c2ccc3ccccc3c2)O[C@@H](c2cccc(NC(=O)c3c(F)c(F)c(F)c(F)c3F)c2)O[C@H]1c1ccc(CO)cc1. The molecule has 6 rings (SSSR count). The number of fused-ring (bicyclic) bond motifs is 1. The fourth-order valence-corrected chi connectivity index (χ4v) is 6.25. The molecule has 0 spiro atoms. The standard InChI is InChI=1S/C39H35F5N2O4/c1-21-30(19-46(3)22(2)26-16-15-24-7-4-5-8-27(24)17-26)49-39(50-37(21)25-13-11-23(20-47)12-14-25)28-9-6-10-29(18-28)45-38(48)31-32(40)34(42)36(44)35(43)33(31)41/h4-18,21-22,30,37,39,47H,19-20H2,1-3H3,(H,45,48)/t21-,22+,30+,37+,39+/m0/s1. The minimum Gasteiger partial charge on any atom is -0.392 e. The Morgan fingerprint density at radius 3 is 2.14 bits per heavy atom. The number of rotatable bonds is 9. The van der Waals surface area contributed by atoms with Crippen LogP contribution in [-0.2, 0) is 16.1 Å². The highest BCUT2D eigenvalue weighted by atomic mass is 19.2. The van der Waals surface area contributed by atoms with Crippen LogP contribution in [0.3, 0.4) is 0 Å². The van der Waals surface area contributed by atoms with E-state index < -0.39 is 53.0 Å². The third kappa shape index (κ3) is 6.99. The smallest absolute Gasteiger partial charge is 0.261 e. The third-order valence-corrected chi connectivity index (χ3v) is 9.36. The van der Waals surface area contributed by atoms with Gasteiger partial charge in [-0.3, -0.25) is 9.69 Å². The molecule has 1 aliphatic rings. The average Bonchev–Trinajstić information content (AvgIpc) is 3.13. The van der Waals surface area contributed by atoms with Crippen molar-refractivity contribution in [2.45, 2.75) is 45.0 Å². The van der Waals surface area contributed by atoms with E-state index in [1.807, 2.05) is 50.4 Å². The highest BCUT2D eigenvalue weighted by Crippen LogP contribution is 2.42. The van der Waals surface area contributed by atoms with Crippen LogP contribution in [0.2, 0.25) is 0 Å². The number of likely N-dealkylation sites (N-methyl/N-ethyl adjacent to an activating group) is 1. The van der Waals surface area contributed by atoms with Crippen molar-refractivity contribution in [1.29, 1.82) is 0 Å². The number of nitrogens with one attached hydrogen (secondary N) is 1. The lowest BCUT2D eigenvalue weighted by molar-refractivity contribution is -0.276. The van der Waals surface area contributed by atoms with Crippen molar-refractivity contribution in [3.8, 4) is 0 Å². The molecule has 0 radical (unpaired) electrons. The Balaban J connectivity index is 1.27. The quantitative estimate of drug-likeness (QED) is 0.0920. The summed E-state index contributed by atoms with van der Waals surface area (Å²) in [6, 6.07) is 28.0. The number of hydrogen-bond donors (Lipinski definition) is 2. The second-order valence-electron chi connectivity index (χ2n) is 12.6. The second-order valence-corrected chi connectivity index (χ2v) is 12.6. The van der Waals surface area contributed by atoms with Crippen LogP contribution < -0.4 is 5.32 Å². The molecule has 0 aromatic heterocycles. The molecule has 5 atom stereocenters. The van der Waals surface area contributed by atoms with Crippen molar-refractivity contribution >= 4 is 22.4 Å². The number of aliphatic hydroxyl groups excluding tert-OH is 1. The first kappa shape index (κ1) is 35.2. The lowest BCUT2D eigenvalue weighted by atomic mass is 9.89. The monoisotopic (exact) mass is 690 g/mol. The normalized spacial score (nSPS) is 19.9. The molecule has 0 aliphatic carbocycles. The molecule has 1 saturated heterocycles. The average molecular weight is 691 g/mol. The van der Waals surface area contributed by atoms with Crippen LogP contribution in [0.15, 0.2) is 91.0 Å². The van der Waals surface area contributed by atoms with Crippen LogP contribution in [0.25, 0.3) is 10.8 Å². The number of aliphatic hydroxyl groups is 1. The van der Waals surface area contributed by atoms with Crippen LogP contribution in [0, 0.1) is 35.0 Å². The summed E-state index contributed by atoms with van der Waals surface area (Å²) in [6.45, 7) is 4.54. The van der Waals surface area contributed by atoms with Gasteiger partial charge in [-0.15, -0.1) is 0 Å². The van der Waals surface area contributed by atoms with Gasteiger partial charge in [0.25, 0.3) is 5.91 Å². The molecule has 0 unspecified atom stereocenters. The number of amides is 1. The molecule has 2 N–H and O–H groups in total. The molecule has 1 heterocycles. The third-order valence-electron chi connectivity index (χ3n) is 9.36. The minimum atomic E-state index is -2.35. The molecule has 260 valence electrons. The van der Waals surface area contributed by atoms with Gasteiger partial charge in [0, 0.05) is 29.8 Å². The highest BCUT2D eigenvalue weighted by Gasteiger charge is 2.39. The predicted octanol–water partition coefficient (Wildman–Crippen LogP) is 8.76. The Hall–Kier alpha value is -4.68. The van der Waals surface area contributed by atoms with Crippen molar-refractivity contribution in [3.05, 3.63) is 148 Å². The summed E-state index contributed by atoms with van der Waals surface area (Å²) in [4.78, 5) is 15.0. The zero-order valence-corrected chi connectivity index (χ0v) is 27.5. The molecule has 6 nitrogen and oxygen atoms in total. The zero-order chi connectivity index (χ0) is 35.7. The van der Waals surface area contributed by atoms with Crippen molar-refractivity contribution < 1.29 is 41.3 Å². The van der Waals surface area contributed by atoms with E-state index in [0.29, 0.717) is 12.1 Å². The first-order chi connectivity index (χ1) is 24.0. The summed E-state index contributed by atoms with van der Waals surface area (Å²) in [5.41, 5.74) is 1.59. The Morgan fingerprint density at radius 2 is 1.46 bits per heavy atom. The van der Waals surface area contributed by atoms with E-state index in [2.05, 4.69) is 47.5 Å². The first-order valence-corrected chi connectivity index (χ1v) is 16.1. The van der Waals surface area contributed by atoms with E-state index in [-0.39, 0.29) is 30.4 Å². The van der Waals surface area contributed by atoms with Gasteiger partial charge >= 0.3 is 0 Å². The second kappa shape index (κ2) is 14.7. The highest BCUT2D eigenvalue weighted by molar-refractivity contribution is 6.04. The molecule has 50 heavy (non-hydrogen) atoms. The number of hydrogen-bond acceptors (Lipinski definition) is 5. The lowest BCUT2D eigenvalue weighted by Crippen LogP contribution is -2.44. The van der Waals surface area contributed by atoms with Gasteiger partial charge in [0.05, 0.1) is 18.8 Å². The summed E-state index contributed by atoms with van der Waals surface area (Å²) in [5.74, 6) is -12.9. The van der Waals surface area contributed by atoms with E-state index in [4.69, 9.17) is 9.47 Å². The number of nitrogens with zero attached hydrogens (tertiary/aromatic N) is 1. The number of ether oxygens (including phenoxy) is 2. The van der Waals surface area contributed by atoms with Gasteiger partial charge in [-0.1, -0.05) is 79.7 Å². The maximum atomic E-state index is 14.4. The predicted molar refractivity (Wildman–Crippen MR) is 179 cm³/mol. The van der Waals surface area contributed by atoms with E-state index in [1.54, 1.807) is 12.1 Å². The molecule has 0 bridgehead atoms. The number of carbonyl (C=O) groups is 1. The van der Waals surface area contributed by atoms with Gasteiger partial charge < -0.3 is 19.9 Å². The molecule has 1 amide bonds. The summed E-state index contributed by atoms with van der Waals surface area (Å²) in [7, 11) is 2.01. The summed E-state index contributed by atoms with van der Waals surface area (Å²) >= 11 is 0. The molecule has 11 heteroatoms. The number of benzene rings is 5. The van der Waals surface area contributed by atoms with E-state index in [1.165, 1.54) is 12.1 Å². The maximum Gasteiger partial charge on any atom is 0.261 e. The van der Waals surface area contributed by atoms with Gasteiger partial charge in [-0.2, -0.15) is 0 Å². The van der Waals surface area contributed by atoms with Crippen LogP contribution in [0.1, 0.15) is 64.9 Å². The first-order valence-electron chi connectivity index (χ1n) is 16.1. The topological polar surface area (TPSA) is 71.0 Å². The van der Waals surface area contributed by atoms with Crippen LogP contribution in [0.5, 0.6) is 0 Å². The van der Waals surface area contributed by atoms with E-state index in [9.17, 15) is 31.9 Å². The van der Waals surface area contributed by atoms with E-state index >= 15 is 0 Å². The summed E-state index contributed by atoms with van der Waals surface area (Å²) in [6.07, 6.45) is -1.78. The number of anilines is 1. The van der Waals surface area contributed by atoms with Crippen molar-refractivity contribution in [1.82, 2.24) is 4.90 Å². The van der Waals surface area contributed by atoms with Crippen molar-refractivity contribution in [3.63, 3.8) is 0 Å². The van der Waals surface area contributed by atoms with Gasteiger partial charge in [0.1, 0.15) is 5.56 Å². The van der Waals surface area contributed by atoms with E-state index in [0.717, 1.165) is 27.5 Å². The Kier molecular flexibility index (Phi) is 10.3. The number of halogens is 5. The molecule has 1 fully saturated rings. The Morgan fingerprint density at radius 1 is 0.800 bits per heavy atom. The van der Waals surface area contributed by atoms with Crippen molar-refractivity contribution in [2.75, 3.05) is 18.9 Å². The largest absolute Gasteiger partial charge is 0.392 e. The fraction of sp³-hybridized carbons (Fsp3) is 0.256. The Labute approximate surface area is 286 Å². The van der Waals surface area contributed by atoms with Crippen LogP contribution in [-0.4, -0.2) is 35.6 Å². The van der Waals surface area contributed by atoms with Gasteiger partial charge in [0.2, 0.25) is 5.82 Å². The minimum absolute atomic E-state index is 0.0182. The molecule has 5 aromatic rings. The zero-order valence-electron chi connectivity index (χ0n) is 27.5. The molecule has 1 aliphatic heterocycles. The fourth-order valence-electron chi connectivity index (χ4n) is 6.25. The Bertz CT molecular complexity index is 2000. The molecule has 5 aromatic carbocycles. The summed E-state index contributed by atoms with van der Waals surface area (Å²) < 4.78 is 82.9. The van der Waals surface area contributed by atoms with Gasteiger partial charge in [-0.25, -0.2) is 22.0 Å². The lowest BCUT2D eigenvalue weighted by Gasteiger charge is -2.43. The maximum absolute atomic E-state index is 14.4. The van der Waals surface area contributed by atoms with Crippen LogP contribution in [0.4, 0.5) is 27.6 Å². The molecule has 0 saturated carbocycles. The van der Waals surface area contributed by atoms with Gasteiger partial charge in [-0.05, 0) is 59.6 Å². The number of carbonyl (C=O) groups excluding carboxylic acids is 1. The summed E-state index contributed by atoms with van der Waals surface area (Å²) in [5, 5.41) is 14.1. The van der Waals surface area contributed by atoms with Crippen LogP contribution >= 0.6 is 0 Å². The van der Waals surface area contributed by atoms with Crippen molar-refractivity contribution in [2.24, 2.45) is 5.92 Å². The molecular formula is C39H35F5N2O4.